The number of aromatic nitrogens is 1. The topological polar surface area (TPSA) is 106 Å². The fraction of sp³-hybridized carbons (Fsp3) is 0.385. The van der Waals surface area contributed by atoms with Gasteiger partial charge in [-0.05, 0) is 28.1 Å². The summed E-state index contributed by atoms with van der Waals surface area (Å²) in [6, 6.07) is 3.91. The Kier molecular flexibility index (Phi) is 7.10. The summed E-state index contributed by atoms with van der Waals surface area (Å²) in [7, 11) is 1.53. The third-order valence-electron chi connectivity index (χ3n) is 2.72. The monoisotopic (exact) mass is 428 g/mol. The molecular formula is C13H19BrClN2O5P. The third kappa shape index (κ3) is 7.67. The quantitative estimate of drug-likeness (QED) is 0.510. The fourth-order valence-electron chi connectivity index (χ4n) is 1.67. The van der Waals surface area contributed by atoms with Crippen LogP contribution in [0.1, 0.15) is 0 Å². The summed E-state index contributed by atoms with van der Waals surface area (Å²) in [4.78, 5) is 26.1. The van der Waals surface area contributed by atoms with Gasteiger partial charge >= 0.3 is 0 Å². The average molecular weight is 430 g/mol. The predicted molar refractivity (Wildman–Crippen MR) is 91.4 cm³/mol. The lowest BCUT2D eigenvalue weighted by atomic mass is 10.2. The van der Waals surface area contributed by atoms with Crippen molar-refractivity contribution < 1.29 is 28.5 Å². The molecule has 2 aromatic rings. The highest BCUT2D eigenvalue weighted by Gasteiger charge is 2.13. The standard InChI is InChI=1S/C13H17BrClN2O.H3O4P/c1-17(2,3)6-7-18-11-8-16-10-5-4-9(14)13(15)12(10)11;1-5(2,3)4/h4-5,8,16H,6-7H2,1-3H3;(H3,1,2,3,4)/q+1;/p-1. The number of H-pyrrole nitrogens is 1. The Balaban J connectivity index is 0.000000463. The Morgan fingerprint density at radius 1 is 1.39 bits per heavy atom. The molecule has 0 atom stereocenters. The second-order valence-electron chi connectivity index (χ2n) is 5.79. The number of aromatic amines is 1. The molecule has 0 bridgehead atoms. The summed E-state index contributed by atoms with van der Waals surface area (Å²) in [5, 5.41) is 1.63. The molecule has 0 saturated carbocycles. The highest BCUT2D eigenvalue weighted by atomic mass is 79.9. The van der Waals surface area contributed by atoms with Gasteiger partial charge in [0.25, 0.3) is 7.82 Å². The summed E-state index contributed by atoms with van der Waals surface area (Å²) in [6.07, 6.45) is 1.86. The van der Waals surface area contributed by atoms with Crippen molar-refractivity contribution in [3.05, 3.63) is 27.8 Å². The molecule has 0 radical (unpaired) electrons. The number of nitrogens with zero attached hydrogens (tertiary/aromatic N) is 1. The highest BCUT2D eigenvalue weighted by molar-refractivity contribution is 9.10. The van der Waals surface area contributed by atoms with E-state index in [0.29, 0.717) is 11.6 Å². The van der Waals surface area contributed by atoms with E-state index in [0.717, 1.165) is 32.2 Å². The second kappa shape index (κ2) is 7.98. The number of fused-ring (bicyclic) bond motifs is 1. The number of quaternary nitrogens is 1. The van der Waals surface area contributed by atoms with Crippen molar-refractivity contribution in [1.82, 2.24) is 4.98 Å². The van der Waals surface area contributed by atoms with E-state index in [4.69, 9.17) is 35.6 Å². The lowest BCUT2D eigenvalue weighted by Crippen LogP contribution is -2.38. The van der Waals surface area contributed by atoms with Crippen LogP contribution in [0.15, 0.2) is 22.8 Å². The van der Waals surface area contributed by atoms with E-state index >= 15 is 0 Å². The smallest absolute Gasteiger partial charge is 0.262 e. The SMILES string of the molecule is C[N+](C)(C)CCOc1c[nH]c2ccc(Br)c(Cl)c12.O=P([O-])(O)O. The Morgan fingerprint density at radius 2 is 1.96 bits per heavy atom. The molecule has 1 aromatic heterocycles. The predicted octanol–water partition coefficient (Wildman–Crippen LogP) is 2.11. The number of hydrogen-bond acceptors (Lipinski definition) is 3. The first-order chi connectivity index (χ1) is 10.4. The van der Waals surface area contributed by atoms with E-state index in [1.54, 1.807) is 0 Å². The number of hydrogen-bond donors (Lipinski definition) is 3. The molecule has 0 aliphatic carbocycles. The van der Waals surface area contributed by atoms with Crippen molar-refractivity contribution in [2.24, 2.45) is 0 Å². The van der Waals surface area contributed by atoms with Crippen LogP contribution in [0, 0.1) is 0 Å². The molecule has 0 aliphatic rings. The third-order valence-corrected chi connectivity index (χ3v) is 4.00. The zero-order valence-electron chi connectivity index (χ0n) is 12.9. The molecule has 0 unspecified atom stereocenters. The van der Waals surface area contributed by atoms with Crippen molar-refractivity contribution in [3.63, 3.8) is 0 Å². The molecule has 0 fully saturated rings. The van der Waals surface area contributed by atoms with Gasteiger partial charge in [-0.15, -0.1) is 0 Å². The van der Waals surface area contributed by atoms with Crippen LogP contribution < -0.4 is 9.63 Å². The Hall–Kier alpha value is -0.600. The molecule has 10 heteroatoms. The first-order valence-corrected chi connectivity index (χ1v) is 9.23. The number of phosphoric acid groups is 1. The molecule has 7 nitrogen and oxygen atoms in total. The minimum atomic E-state index is -4.89. The van der Waals surface area contributed by atoms with Gasteiger partial charge in [-0.25, -0.2) is 0 Å². The molecule has 0 spiro atoms. The maximum Gasteiger partial charge on any atom is 0.262 e. The average Bonchev–Trinajstić information content (AvgIpc) is 2.74. The van der Waals surface area contributed by atoms with E-state index in [1.165, 1.54) is 0 Å². The lowest BCUT2D eigenvalue weighted by molar-refractivity contribution is -0.870. The first-order valence-electron chi connectivity index (χ1n) is 6.53. The van der Waals surface area contributed by atoms with Crippen molar-refractivity contribution in [1.29, 1.82) is 0 Å². The van der Waals surface area contributed by atoms with Crippen LogP contribution in [0.2, 0.25) is 5.02 Å². The Bertz CT molecular complexity index is 702. The number of likely N-dealkylation sites (N-methyl/N-ethyl adjacent to an activating group) is 1. The maximum absolute atomic E-state index is 8.77. The zero-order chi connectivity index (χ0) is 17.8. The Labute approximate surface area is 147 Å². The van der Waals surface area contributed by atoms with Gasteiger partial charge in [-0.1, -0.05) is 11.6 Å². The van der Waals surface area contributed by atoms with Crippen LogP contribution in [0.3, 0.4) is 0 Å². The summed E-state index contributed by atoms with van der Waals surface area (Å²) < 4.78 is 16.3. The zero-order valence-corrected chi connectivity index (χ0v) is 16.2. The van der Waals surface area contributed by atoms with E-state index in [2.05, 4.69) is 42.1 Å². The molecule has 3 N–H and O–H groups in total. The maximum atomic E-state index is 8.77. The molecule has 23 heavy (non-hydrogen) atoms. The normalized spacial score (nSPS) is 12.0. The van der Waals surface area contributed by atoms with Gasteiger partial charge in [-0.3, -0.25) is 4.57 Å². The largest absolute Gasteiger partial charge is 0.756 e. The molecular weight excluding hydrogens is 410 g/mol. The van der Waals surface area contributed by atoms with Crippen molar-refractivity contribution in [2.75, 3.05) is 34.3 Å². The van der Waals surface area contributed by atoms with Crippen LogP contribution in [0.25, 0.3) is 10.9 Å². The van der Waals surface area contributed by atoms with Gasteiger partial charge in [0.1, 0.15) is 18.9 Å². The first kappa shape index (κ1) is 20.4. The van der Waals surface area contributed by atoms with E-state index in [1.807, 2.05) is 18.3 Å². The van der Waals surface area contributed by atoms with Gasteiger partial charge < -0.3 is 28.9 Å². The van der Waals surface area contributed by atoms with Crippen LogP contribution in [0.5, 0.6) is 5.75 Å². The van der Waals surface area contributed by atoms with Gasteiger partial charge in [0, 0.05) is 10.7 Å². The summed E-state index contributed by atoms with van der Waals surface area (Å²) >= 11 is 9.72. The molecule has 1 heterocycles. The van der Waals surface area contributed by atoms with Crippen molar-refractivity contribution in [2.45, 2.75) is 0 Å². The molecule has 0 saturated heterocycles. The summed E-state index contributed by atoms with van der Waals surface area (Å²) in [5.74, 6) is 0.810. The fourth-order valence-corrected chi connectivity index (χ4v) is 2.26. The highest BCUT2D eigenvalue weighted by Crippen LogP contribution is 2.36. The van der Waals surface area contributed by atoms with Crippen LogP contribution in [0.4, 0.5) is 0 Å². The van der Waals surface area contributed by atoms with E-state index < -0.39 is 7.82 Å². The number of benzene rings is 1. The summed E-state index contributed by atoms with van der Waals surface area (Å²) in [6.45, 7) is 1.61. The minimum absolute atomic E-state index is 0.666. The molecule has 130 valence electrons. The number of halogens is 2. The van der Waals surface area contributed by atoms with Crippen LogP contribution in [-0.4, -0.2) is 53.5 Å². The number of ether oxygens (including phenoxy) is 1. The number of nitrogens with one attached hydrogen (secondary N) is 1. The van der Waals surface area contributed by atoms with Gasteiger partial charge in [0.15, 0.2) is 0 Å². The van der Waals surface area contributed by atoms with Crippen molar-refractivity contribution in [3.8, 4) is 5.75 Å². The molecule has 0 aliphatic heterocycles. The van der Waals surface area contributed by atoms with Gasteiger partial charge in [0.05, 0.1) is 37.1 Å². The molecule has 2 rings (SSSR count). The van der Waals surface area contributed by atoms with Crippen molar-refractivity contribution >= 4 is 46.3 Å². The number of rotatable bonds is 4. The Morgan fingerprint density at radius 3 is 2.48 bits per heavy atom. The molecule has 1 aromatic carbocycles. The second-order valence-corrected chi connectivity index (χ2v) is 8.00. The summed E-state index contributed by atoms with van der Waals surface area (Å²) in [5.41, 5.74) is 0.989. The van der Waals surface area contributed by atoms with Gasteiger partial charge in [-0.2, -0.15) is 0 Å². The molecule has 0 amide bonds. The van der Waals surface area contributed by atoms with Crippen LogP contribution in [-0.2, 0) is 4.57 Å². The van der Waals surface area contributed by atoms with E-state index in [-0.39, 0.29) is 0 Å². The van der Waals surface area contributed by atoms with E-state index in [9.17, 15) is 0 Å². The van der Waals surface area contributed by atoms with Crippen LogP contribution >= 0.6 is 35.4 Å². The van der Waals surface area contributed by atoms with Gasteiger partial charge in [0.2, 0.25) is 0 Å². The minimum Gasteiger partial charge on any atom is -0.756 e. The lowest BCUT2D eigenvalue weighted by Gasteiger charge is -2.23.